The van der Waals surface area contributed by atoms with Crippen molar-refractivity contribution in [3.63, 3.8) is 0 Å². The van der Waals surface area contributed by atoms with Gasteiger partial charge in [-0.25, -0.2) is 4.68 Å². The molecule has 0 spiro atoms. The lowest BCUT2D eigenvalue weighted by Gasteiger charge is -2.23. The maximum atomic E-state index is 12.7. The van der Waals surface area contributed by atoms with E-state index >= 15 is 0 Å². The number of nitrogens with one attached hydrogen (secondary N) is 1. The molecule has 0 saturated carbocycles. The van der Waals surface area contributed by atoms with E-state index in [1.165, 1.54) is 10.4 Å². The minimum Gasteiger partial charge on any atom is -0.349 e. The molecule has 0 radical (unpaired) electrons. The van der Waals surface area contributed by atoms with Crippen LogP contribution in [-0.4, -0.2) is 25.5 Å². The number of aryl methyl sites for hydroxylation is 2. The molecule has 3 aromatic rings. The van der Waals surface area contributed by atoms with Gasteiger partial charge < -0.3 is 5.32 Å². The van der Waals surface area contributed by atoms with Crippen molar-refractivity contribution in [1.82, 2.24) is 24.9 Å². The molecule has 1 aromatic carbocycles. The predicted octanol–water partition coefficient (Wildman–Crippen LogP) is 1.40. The van der Waals surface area contributed by atoms with E-state index in [2.05, 4.69) is 15.5 Å². The Hall–Kier alpha value is -2.96. The highest BCUT2D eigenvalue weighted by Gasteiger charge is 2.25. The maximum absolute atomic E-state index is 12.7. The zero-order chi connectivity index (χ0) is 18.3. The Balaban J connectivity index is 1.59. The summed E-state index contributed by atoms with van der Waals surface area (Å²) in [6.07, 6.45) is 4.91. The molecule has 7 heteroatoms. The summed E-state index contributed by atoms with van der Waals surface area (Å²) in [6.45, 7) is 0. The van der Waals surface area contributed by atoms with Crippen LogP contribution in [0.4, 0.5) is 0 Å². The number of carbonyl (C=O) groups is 1. The Kier molecular flexibility index (Phi) is 4.06. The fourth-order valence-electron chi connectivity index (χ4n) is 3.76. The Morgan fingerprint density at radius 1 is 1.23 bits per heavy atom. The second kappa shape index (κ2) is 6.40. The van der Waals surface area contributed by atoms with Crippen LogP contribution in [-0.2, 0) is 31.7 Å². The number of nitrogens with zero attached hydrogens (tertiary/aromatic N) is 4. The van der Waals surface area contributed by atoms with Crippen molar-refractivity contribution in [2.45, 2.75) is 31.7 Å². The van der Waals surface area contributed by atoms with E-state index in [1.54, 1.807) is 13.1 Å². The second-order valence-corrected chi connectivity index (χ2v) is 6.78. The van der Waals surface area contributed by atoms with Crippen LogP contribution in [0.25, 0.3) is 10.8 Å². The molecular formula is C19H21N5O2. The minimum absolute atomic E-state index is 0.0151. The summed E-state index contributed by atoms with van der Waals surface area (Å²) >= 11 is 0. The highest BCUT2D eigenvalue weighted by Crippen LogP contribution is 2.29. The first-order valence-electron chi connectivity index (χ1n) is 8.79. The molecule has 2 heterocycles. The third-order valence-electron chi connectivity index (χ3n) is 5.07. The molecule has 1 N–H and O–H groups in total. The van der Waals surface area contributed by atoms with Crippen molar-refractivity contribution in [3.8, 4) is 0 Å². The SMILES string of the molecule is Cn1ncc2c1CCCC2NC(=O)Cc1nn(C)c(=O)c2ccccc12. The van der Waals surface area contributed by atoms with Crippen molar-refractivity contribution in [1.29, 1.82) is 0 Å². The van der Waals surface area contributed by atoms with Crippen LogP contribution in [0.5, 0.6) is 0 Å². The largest absolute Gasteiger partial charge is 0.349 e. The number of carbonyl (C=O) groups excluding carboxylic acids is 1. The zero-order valence-corrected chi connectivity index (χ0v) is 14.9. The van der Waals surface area contributed by atoms with Crippen LogP contribution in [0.3, 0.4) is 0 Å². The van der Waals surface area contributed by atoms with Gasteiger partial charge in [-0.1, -0.05) is 18.2 Å². The van der Waals surface area contributed by atoms with E-state index in [0.717, 1.165) is 30.2 Å². The molecule has 1 amide bonds. The van der Waals surface area contributed by atoms with Gasteiger partial charge in [0.2, 0.25) is 5.91 Å². The first-order chi connectivity index (χ1) is 12.5. The Bertz CT molecular complexity index is 1050. The molecule has 0 aliphatic heterocycles. The molecule has 0 saturated heterocycles. The average molecular weight is 351 g/mol. The third-order valence-corrected chi connectivity index (χ3v) is 5.07. The molecule has 134 valence electrons. The van der Waals surface area contributed by atoms with E-state index in [1.807, 2.05) is 36.1 Å². The Morgan fingerprint density at radius 2 is 2.00 bits per heavy atom. The van der Waals surface area contributed by atoms with Gasteiger partial charge in [-0.2, -0.15) is 10.2 Å². The van der Waals surface area contributed by atoms with Crippen LogP contribution in [0.1, 0.15) is 35.8 Å². The molecule has 0 fully saturated rings. The monoisotopic (exact) mass is 351 g/mol. The first kappa shape index (κ1) is 16.5. The van der Waals surface area contributed by atoms with Crippen LogP contribution < -0.4 is 10.9 Å². The van der Waals surface area contributed by atoms with Crippen LogP contribution >= 0.6 is 0 Å². The lowest BCUT2D eigenvalue weighted by Crippen LogP contribution is -2.33. The van der Waals surface area contributed by atoms with Gasteiger partial charge in [0.15, 0.2) is 0 Å². The van der Waals surface area contributed by atoms with Gasteiger partial charge in [0.1, 0.15) is 0 Å². The van der Waals surface area contributed by atoms with Crippen molar-refractivity contribution in [3.05, 3.63) is 57.8 Å². The number of hydrogen-bond acceptors (Lipinski definition) is 4. The average Bonchev–Trinajstić information content (AvgIpc) is 3.02. The fourth-order valence-corrected chi connectivity index (χ4v) is 3.76. The summed E-state index contributed by atoms with van der Waals surface area (Å²) in [7, 11) is 3.54. The fraction of sp³-hybridized carbons (Fsp3) is 0.368. The molecule has 0 bridgehead atoms. The van der Waals surface area contributed by atoms with Crippen LogP contribution in [0.2, 0.25) is 0 Å². The van der Waals surface area contributed by atoms with Gasteiger partial charge >= 0.3 is 0 Å². The summed E-state index contributed by atoms with van der Waals surface area (Å²) in [5.74, 6) is -0.0944. The van der Waals surface area contributed by atoms with Gasteiger partial charge in [-0.3, -0.25) is 14.3 Å². The van der Waals surface area contributed by atoms with E-state index in [9.17, 15) is 9.59 Å². The molecule has 2 aromatic heterocycles. The van der Waals surface area contributed by atoms with Gasteiger partial charge in [0.05, 0.1) is 29.7 Å². The van der Waals surface area contributed by atoms with Crippen molar-refractivity contribution in [2.75, 3.05) is 0 Å². The number of hydrogen-bond donors (Lipinski definition) is 1. The van der Waals surface area contributed by atoms with Crippen LogP contribution in [0.15, 0.2) is 35.3 Å². The number of fused-ring (bicyclic) bond motifs is 2. The predicted molar refractivity (Wildman–Crippen MR) is 97.7 cm³/mol. The highest BCUT2D eigenvalue weighted by molar-refractivity contribution is 5.88. The summed E-state index contributed by atoms with van der Waals surface area (Å²) in [5.41, 5.74) is 2.75. The van der Waals surface area contributed by atoms with E-state index in [0.29, 0.717) is 11.1 Å². The van der Waals surface area contributed by atoms with Crippen molar-refractivity contribution in [2.24, 2.45) is 14.1 Å². The van der Waals surface area contributed by atoms with E-state index in [-0.39, 0.29) is 23.9 Å². The molecule has 26 heavy (non-hydrogen) atoms. The molecule has 1 aliphatic rings. The van der Waals surface area contributed by atoms with E-state index < -0.39 is 0 Å². The highest BCUT2D eigenvalue weighted by atomic mass is 16.2. The first-order valence-corrected chi connectivity index (χ1v) is 8.79. The number of amides is 1. The summed E-state index contributed by atoms with van der Waals surface area (Å²) in [6, 6.07) is 7.27. The van der Waals surface area contributed by atoms with Crippen molar-refractivity contribution >= 4 is 16.7 Å². The standard InChI is InChI=1S/C19H21N5O2/c1-23-17-9-5-8-15(14(17)11-20-23)21-18(25)10-16-12-6-3-4-7-13(12)19(26)24(2)22-16/h3-4,6-7,11,15H,5,8-10H2,1-2H3,(H,21,25). The number of rotatable bonds is 3. The lowest BCUT2D eigenvalue weighted by molar-refractivity contribution is -0.121. The summed E-state index contributed by atoms with van der Waals surface area (Å²) in [5, 5.41) is 13.1. The Morgan fingerprint density at radius 3 is 2.81 bits per heavy atom. The molecular weight excluding hydrogens is 330 g/mol. The molecule has 4 rings (SSSR count). The molecule has 1 aliphatic carbocycles. The van der Waals surface area contributed by atoms with E-state index in [4.69, 9.17) is 0 Å². The molecule has 1 unspecified atom stereocenters. The lowest BCUT2D eigenvalue weighted by atomic mass is 9.93. The van der Waals surface area contributed by atoms with Crippen molar-refractivity contribution < 1.29 is 4.79 Å². The Labute approximate surface area is 150 Å². The molecule has 1 atom stereocenters. The smallest absolute Gasteiger partial charge is 0.274 e. The van der Waals surface area contributed by atoms with Gasteiger partial charge in [-0.05, 0) is 25.3 Å². The second-order valence-electron chi connectivity index (χ2n) is 6.78. The van der Waals surface area contributed by atoms with Gasteiger partial charge in [-0.15, -0.1) is 0 Å². The van der Waals surface area contributed by atoms with Crippen LogP contribution in [0, 0.1) is 0 Å². The number of benzene rings is 1. The van der Waals surface area contributed by atoms with Gasteiger partial charge in [0.25, 0.3) is 5.56 Å². The minimum atomic E-state index is -0.156. The summed E-state index contributed by atoms with van der Waals surface area (Å²) < 4.78 is 3.18. The number of aromatic nitrogens is 4. The van der Waals surface area contributed by atoms with Gasteiger partial charge in [0, 0.05) is 30.7 Å². The normalized spacial score (nSPS) is 16.5. The molecule has 7 nitrogen and oxygen atoms in total. The third kappa shape index (κ3) is 2.79. The summed E-state index contributed by atoms with van der Waals surface area (Å²) in [4.78, 5) is 24.9. The zero-order valence-electron chi connectivity index (χ0n) is 14.9. The maximum Gasteiger partial charge on any atom is 0.274 e. The quantitative estimate of drug-likeness (QED) is 0.773. The topological polar surface area (TPSA) is 81.8 Å².